The molecule has 0 bridgehead atoms. The van der Waals surface area contributed by atoms with Crippen molar-refractivity contribution in [2.45, 2.75) is 12.8 Å². The summed E-state index contributed by atoms with van der Waals surface area (Å²) in [6.07, 6.45) is 0.641. The minimum Gasteiger partial charge on any atom is -0.300 e. The minimum atomic E-state index is -0.385. The largest absolute Gasteiger partial charge is 0.300 e. The van der Waals surface area contributed by atoms with Gasteiger partial charge in [0.2, 0.25) is 11.0 Å². The van der Waals surface area contributed by atoms with Gasteiger partial charge in [0.05, 0.1) is 6.42 Å². The van der Waals surface area contributed by atoms with Crippen LogP contribution in [0.2, 0.25) is 0 Å². The molecule has 1 amide bonds. The van der Waals surface area contributed by atoms with E-state index in [1.807, 2.05) is 30.3 Å². The maximum Gasteiger partial charge on any atom is 0.230 e. The lowest BCUT2D eigenvalue weighted by atomic mass is 10.1. The molecule has 6 heteroatoms. The average Bonchev–Trinajstić information content (AvgIpc) is 2.97. The van der Waals surface area contributed by atoms with Crippen LogP contribution < -0.4 is 5.32 Å². The Morgan fingerprint density at radius 3 is 2.57 bits per heavy atom. The van der Waals surface area contributed by atoms with Crippen molar-refractivity contribution in [3.63, 3.8) is 0 Å². The fourth-order valence-electron chi connectivity index (χ4n) is 2.12. The fourth-order valence-corrected chi connectivity index (χ4v) is 2.91. The predicted octanol–water partition coefficient (Wildman–Crippen LogP) is 3.45. The van der Waals surface area contributed by atoms with Crippen LogP contribution in [0.3, 0.4) is 0 Å². The van der Waals surface area contributed by atoms with Crippen LogP contribution in [0.4, 0.5) is 9.52 Å². The Morgan fingerprint density at radius 2 is 1.78 bits per heavy atom. The number of hydrogen-bond donors (Lipinski definition) is 1. The Kier molecular flexibility index (Phi) is 4.73. The van der Waals surface area contributed by atoms with Crippen LogP contribution >= 0.6 is 11.3 Å². The second-order valence-electron chi connectivity index (χ2n) is 4.98. The van der Waals surface area contributed by atoms with E-state index in [1.165, 1.54) is 17.4 Å². The highest BCUT2D eigenvalue weighted by Crippen LogP contribution is 2.19. The summed E-state index contributed by atoms with van der Waals surface area (Å²) in [4.78, 5) is 12.0. The number of halogens is 1. The van der Waals surface area contributed by atoms with E-state index in [2.05, 4.69) is 15.5 Å². The van der Waals surface area contributed by atoms with Crippen molar-refractivity contribution in [3.05, 3.63) is 76.5 Å². The average molecular weight is 327 g/mol. The quantitative estimate of drug-likeness (QED) is 0.781. The van der Waals surface area contributed by atoms with Gasteiger partial charge in [-0.05, 0) is 17.2 Å². The molecule has 0 aliphatic carbocycles. The lowest BCUT2D eigenvalue weighted by Gasteiger charge is -2.02. The van der Waals surface area contributed by atoms with Gasteiger partial charge in [-0.25, -0.2) is 4.39 Å². The van der Waals surface area contributed by atoms with Crippen LogP contribution in [0.5, 0.6) is 0 Å². The van der Waals surface area contributed by atoms with Crippen LogP contribution in [-0.2, 0) is 17.6 Å². The van der Waals surface area contributed by atoms with E-state index < -0.39 is 0 Å². The summed E-state index contributed by atoms with van der Waals surface area (Å²) in [5, 5.41) is 11.9. The van der Waals surface area contributed by atoms with E-state index in [0.29, 0.717) is 17.1 Å². The number of nitrogens with zero attached hydrogens (tertiary/aromatic N) is 2. The van der Waals surface area contributed by atoms with E-state index in [4.69, 9.17) is 0 Å². The highest BCUT2D eigenvalue weighted by atomic mass is 32.1. The molecule has 0 aliphatic heterocycles. The first kappa shape index (κ1) is 15.3. The molecule has 4 nitrogen and oxygen atoms in total. The molecule has 2 aromatic carbocycles. The molecule has 0 saturated heterocycles. The third kappa shape index (κ3) is 4.20. The second-order valence-corrected chi connectivity index (χ2v) is 6.04. The van der Waals surface area contributed by atoms with Crippen LogP contribution in [0.1, 0.15) is 16.1 Å². The van der Waals surface area contributed by atoms with Crippen molar-refractivity contribution < 1.29 is 9.18 Å². The zero-order valence-corrected chi connectivity index (χ0v) is 13.0. The third-order valence-corrected chi connectivity index (χ3v) is 4.06. The zero-order valence-electron chi connectivity index (χ0n) is 12.2. The predicted molar refractivity (Wildman–Crippen MR) is 87.9 cm³/mol. The van der Waals surface area contributed by atoms with Gasteiger partial charge >= 0.3 is 0 Å². The van der Waals surface area contributed by atoms with Gasteiger partial charge in [0.1, 0.15) is 10.8 Å². The van der Waals surface area contributed by atoms with Crippen molar-refractivity contribution in [1.82, 2.24) is 10.2 Å². The van der Waals surface area contributed by atoms with Crippen molar-refractivity contribution in [2.75, 3.05) is 5.32 Å². The first-order chi connectivity index (χ1) is 11.2. The molecule has 0 saturated carbocycles. The highest BCUT2D eigenvalue weighted by molar-refractivity contribution is 7.15. The summed E-state index contributed by atoms with van der Waals surface area (Å²) in [7, 11) is 0. The number of rotatable bonds is 5. The number of aromatic nitrogens is 2. The molecule has 0 fully saturated rings. The van der Waals surface area contributed by atoms with Crippen molar-refractivity contribution in [1.29, 1.82) is 0 Å². The minimum absolute atomic E-state index is 0.0275. The summed E-state index contributed by atoms with van der Waals surface area (Å²) in [5.74, 6) is -0.692. The van der Waals surface area contributed by atoms with E-state index in [-0.39, 0.29) is 18.1 Å². The maximum atomic E-state index is 13.5. The van der Waals surface area contributed by atoms with Crippen LogP contribution in [0.25, 0.3) is 0 Å². The molecule has 116 valence electrons. The lowest BCUT2D eigenvalue weighted by Crippen LogP contribution is -2.15. The lowest BCUT2D eigenvalue weighted by molar-refractivity contribution is -0.115. The highest BCUT2D eigenvalue weighted by Gasteiger charge is 2.11. The third-order valence-electron chi connectivity index (χ3n) is 3.22. The molecule has 23 heavy (non-hydrogen) atoms. The number of amides is 1. The maximum absolute atomic E-state index is 13.5. The standard InChI is InChI=1S/C17H14FN3OS/c18-14-9-5-4-8-13(14)11-15(22)19-17-21-20-16(23-17)10-12-6-2-1-3-7-12/h1-9H,10-11H2,(H,19,21,22). The first-order valence-corrected chi connectivity index (χ1v) is 7.92. The summed E-state index contributed by atoms with van der Waals surface area (Å²) >= 11 is 1.32. The number of nitrogens with one attached hydrogen (secondary N) is 1. The number of benzene rings is 2. The molecule has 0 spiro atoms. The molecule has 1 heterocycles. The van der Waals surface area contributed by atoms with Gasteiger partial charge in [0.15, 0.2) is 0 Å². The number of anilines is 1. The van der Waals surface area contributed by atoms with Gasteiger partial charge in [0, 0.05) is 6.42 Å². The van der Waals surface area contributed by atoms with Gasteiger partial charge < -0.3 is 5.32 Å². The SMILES string of the molecule is O=C(Cc1ccccc1F)Nc1nnc(Cc2ccccc2)s1. The first-order valence-electron chi connectivity index (χ1n) is 7.10. The Labute approximate surface area is 137 Å². The topological polar surface area (TPSA) is 54.9 Å². The van der Waals surface area contributed by atoms with Gasteiger partial charge in [-0.3, -0.25) is 4.79 Å². The normalized spacial score (nSPS) is 10.5. The Balaban J connectivity index is 1.60. The van der Waals surface area contributed by atoms with E-state index in [0.717, 1.165) is 10.6 Å². The Hall–Kier alpha value is -2.60. The van der Waals surface area contributed by atoms with Crippen LogP contribution in [-0.4, -0.2) is 16.1 Å². The molecule has 3 rings (SSSR count). The number of carbonyl (C=O) groups is 1. The van der Waals surface area contributed by atoms with Gasteiger partial charge in [-0.15, -0.1) is 10.2 Å². The Bertz CT molecular complexity index is 804. The van der Waals surface area contributed by atoms with Crippen molar-refractivity contribution >= 4 is 22.4 Å². The summed E-state index contributed by atoms with van der Waals surface area (Å²) in [5.41, 5.74) is 1.49. The van der Waals surface area contributed by atoms with E-state index >= 15 is 0 Å². The number of carbonyl (C=O) groups excluding carboxylic acids is 1. The van der Waals surface area contributed by atoms with Crippen molar-refractivity contribution in [2.24, 2.45) is 0 Å². The monoisotopic (exact) mass is 327 g/mol. The molecule has 0 aliphatic rings. The fraction of sp³-hybridized carbons (Fsp3) is 0.118. The molecule has 3 aromatic rings. The van der Waals surface area contributed by atoms with Crippen molar-refractivity contribution in [3.8, 4) is 0 Å². The molecule has 1 N–H and O–H groups in total. The van der Waals surface area contributed by atoms with Crippen LogP contribution in [0, 0.1) is 5.82 Å². The van der Waals surface area contributed by atoms with Gasteiger partial charge in [-0.2, -0.15) is 0 Å². The number of hydrogen-bond acceptors (Lipinski definition) is 4. The van der Waals surface area contributed by atoms with Gasteiger partial charge in [-0.1, -0.05) is 59.9 Å². The molecule has 0 radical (unpaired) electrons. The van der Waals surface area contributed by atoms with Gasteiger partial charge in [0.25, 0.3) is 0 Å². The molecule has 0 unspecified atom stereocenters. The molecular formula is C17H14FN3OS. The molecular weight excluding hydrogens is 313 g/mol. The zero-order chi connectivity index (χ0) is 16.1. The summed E-state index contributed by atoms with van der Waals surface area (Å²) in [6.45, 7) is 0. The van der Waals surface area contributed by atoms with E-state index in [9.17, 15) is 9.18 Å². The summed E-state index contributed by atoms with van der Waals surface area (Å²) < 4.78 is 13.5. The molecule has 0 atom stereocenters. The Morgan fingerprint density at radius 1 is 1.04 bits per heavy atom. The molecule has 1 aromatic heterocycles. The second kappa shape index (κ2) is 7.11. The van der Waals surface area contributed by atoms with E-state index in [1.54, 1.807) is 18.2 Å². The smallest absolute Gasteiger partial charge is 0.230 e. The van der Waals surface area contributed by atoms with Crippen LogP contribution in [0.15, 0.2) is 54.6 Å². The summed E-state index contributed by atoms with van der Waals surface area (Å²) in [6, 6.07) is 16.1.